The van der Waals surface area contributed by atoms with Gasteiger partial charge in [-0.2, -0.15) is 5.10 Å². The maximum absolute atomic E-state index is 12.4. The molecule has 0 atom stereocenters. The van der Waals surface area contributed by atoms with Crippen LogP contribution in [0.4, 0.5) is 15.4 Å². The summed E-state index contributed by atoms with van der Waals surface area (Å²) in [5.74, 6) is 0.513. The number of urea groups is 1. The number of amides is 3. The largest absolute Gasteiger partial charge is 0.450 e. The Labute approximate surface area is 152 Å². The van der Waals surface area contributed by atoms with Crippen LogP contribution in [0.1, 0.15) is 12.5 Å². The minimum absolute atomic E-state index is 0.210. The Hall–Kier alpha value is -3.03. The van der Waals surface area contributed by atoms with Crippen LogP contribution in [0.5, 0.6) is 0 Å². The zero-order valence-corrected chi connectivity index (χ0v) is 14.8. The fourth-order valence-electron chi connectivity index (χ4n) is 2.78. The molecular weight excluding hydrogens is 334 g/mol. The summed E-state index contributed by atoms with van der Waals surface area (Å²) in [5.41, 5.74) is 1.14. The van der Waals surface area contributed by atoms with Crippen LogP contribution in [-0.4, -0.2) is 64.5 Å². The van der Waals surface area contributed by atoms with Gasteiger partial charge in [0.1, 0.15) is 0 Å². The first kappa shape index (κ1) is 17.8. The van der Waals surface area contributed by atoms with E-state index in [2.05, 4.69) is 10.4 Å². The van der Waals surface area contributed by atoms with Gasteiger partial charge in [0.2, 0.25) is 0 Å². The lowest BCUT2D eigenvalue weighted by atomic mass is 10.2. The third-order valence-corrected chi connectivity index (χ3v) is 4.16. The van der Waals surface area contributed by atoms with Crippen molar-refractivity contribution in [3.05, 3.63) is 48.2 Å². The summed E-state index contributed by atoms with van der Waals surface area (Å²) in [7, 11) is 0. The fraction of sp³-hybridized carbons (Fsp3) is 0.389. The fourth-order valence-corrected chi connectivity index (χ4v) is 2.78. The maximum atomic E-state index is 12.4. The highest BCUT2D eigenvalue weighted by Gasteiger charge is 2.25. The first-order chi connectivity index (χ1) is 12.7. The maximum Gasteiger partial charge on any atom is 0.409 e. The van der Waals surface area contributed by atoms with Crippen LogP contribution in [0.25, 0.3) is 0 Å². The van der Waals surface area contributed by atoms with Crippen LogP contribution in [0.2, 0.25) is 0 Å². The second-order valence-corrected chi connectivity index (χ2v) is 5.99. The van der Waals surface area contributed by atoms with E-state index in [1.165, 1.54) is 0 Å². The van der Waals surface area contributed by atoms with Crippen molar-refractivity contribution in [1.82, 2.24) is 19.6 Å². The Balaban J connectivity index is 1.49. The minimum Gasteiger partial charge on any atom is -0.450 e. The third-order valence-electron chi connectivity index (χ3n) is 4.16. The predicted molar refractivity (Wildman–Crippen MR) is 97.0 cm³/mol. The van der Waals surface area contributed by atoms with Crippen molar-refractivity contribution in [2.75, 3.05) is 38.1 Å². The molecule has 3 rings (SSSR count). The van der Waals surface area contributed by atoms with Crippen molar-refractivity contribution < 1.29 is 14.3 Å². The van der Waals surface area contributed by atoms with E-state index in [0.29, 0.717) is 45.1 Å². The Morgan fingerprint density at radius 1 is 1.08 bits per heavy atom. The van der Waals surface area contributed by atoms with Crippen LogP contribution >= 0.6 is 0 Å². The number of aromatic nitrogens is 2. The Bertz CT molecular complexity index is 738. The lowest BCUT2D eigenvalue weighted by molar-refractivity contribution is 0.0868. The summed E-state index contributed by atoms with van der Waals surface area (Å²) >= 11 is 0. The number of carbonyl (C=O) groups is 2. The van der Waals surface area contributed by atoms with E-state index < -0.39 is 0 Å². The lowest BCUT2D eigenvalue weighted by Crippen LogP contribution is -2.51. The Kier molecular flexibility index (Phi) is 5.73. The summed E-state index contributed by atoms with van der Waals surface area (Å²) in [5, 5.41) is 7.19. The van der Waals surface area contributed by atoms with Crippen LogP contribution in [0.3, 0.4) is 0 Å². The van der Waals surface area contributed by atoms with Gasteiger partial charge in [0.15, 0.2) is 5.82 Å². The van der Waals surface area contributed by atoms with Gasteiger partial charge in [-0.25, -0.2) is 9.59 Å². The van der Waals surface area contributed by atoms with Gasteiger partial charge in [0, 0.05) is 38.4 Å². The second kappa shape index (κ2) is 8.37. The van der Waals surface area contributed by atoms with Crippen molar-refractivity contribution in [2.45, 2.75) is 13.5 Å². The molecule has 0 spiro atoms. The summed E-state index contributed by atoms with van der Waals surface area (Å²) in [6.07, 6.45) is 1.51. The van der Waals surface area contributed by atoms with E-state index in [0.717, 1.165) is 5.56 Å². The highest BCUT2D eigenvalue weighted by atomic mass is 16.6. The first-order valence-corrected chi connectivity index (χ1v) is 8.70. The van der Waals surface area contributed by atoms with E-state index in [4.69, 9.17) is 4.74 Å². The van der Waals surface area contributed by atoms with Crippen molar-refractivity contribution >= 4 is 17.9 Å². The number of hydrogen-bond donors (Lipinski definition) is 1. The third kappa shape index (κ3) is 4.53. The van der Waals surface area contributed by atoms with E-state index in [1.54, 1.807) is 27.5 Å². The molecule has 3 amide bonds. The molecule has 0 saturated carbocycles. The number of nitrogens with one attached hydrogen (secondary N) is 1. The molecule has 1 aliphatic heterocycles. The Morgan fingerprint density at radius 2 is 1.77 bits per heavy atom. The molecule has 1 fully saturated rings. The molecule has 2 aromatic rings. The summed E-state index contributed by atoms with van der Waals surface area (Å²) < 4.78 is 6.76. The quantitative estimate of drug-likeness (QED) is 0.910. The molecule has 8 nitrogen and oxygen atoms in total. The normalized spacial score (nSPS) is 14.2. The minimum atomic E-state index is -0.327. The zero-order valence-electron chi connectivity index (χ0n) is 14.8. The van der Waals surface area contributed by atoms with Crippen LogP contribution < -0.4 is 5.32 Å². The number of piperazine rings is 1. The topological polar surface area (TPSA) is 79.7 Å². The SMILES string of the molecule is CCOC(=O)N1CCN(C(=O)Nc2ccn(Cc3ccccc3)n2)CC1. The van der Waals surface area contributed by atoms with E-state index in [9.17, 15) is 9.59 Å². The molecule has 26 heavy (non-hydrogen) atoms. The number of nitrogens with zero attached hydrogens (tertiary/aromatic N) is 4. The number of benzene rings is 1. The van der Waals surface area contributed by atoms with Crippen molar-refractivity contribution in [2.24, 2.45) is 0 Å². The number of carbonyl (C=O) groups excluding carboxylic acids is 2. The molecule has 2 heterocycles. The monoisotopic (exact) mass is 357 g/mol. The second-order valence-electron chi connectivity index (χ2n) is 5.99. The van der Waals surface area contributed by atoms with Gasteiger partial charge in [0.25, 0.3) is 0 Å². The molecule has 1 saturated heterocycles. The average Bonchev–Trinajstić information content (AvgIpc) is 3.09. The molecule has 0 bridgehead atoms. The molecule has 1 aliphatic rings. The van der Waals surface area contributed by atoms with Gasteiger partial charge in [-0.3, -0.25) is 10.00 Å². The standard InChI is InChI=1S/C18H23N5O3/c1-2-26-18(25)22-12-10-21(11-13-22)17(24)19-16-8-9-23(20-16)14-15-6-4-3-5-7-15/h3-9H,2,10-14H2,1H3,(H,19,20,24). The van der Waals surface area contributed by atoms with Gasteiger partial charge < -0.3 is 14.5 Å². The molecule has 0 aliphatic carbocycles. The highest BCUT2D eigenvalue weighted by Crippen LogP contribution is 2.09. The van der Waals surface area contributed by atoms with E-state index in [1.807, 2.05) is 36.5 Å². The molecule has 0 radical (unpaired) electrons. The lowest BCUT2D eigenvalue weighted by Gasteiger charge is -2.33. The van der Waals surface area contributed by atoms with Gasteiger partial charge in [0.05, 0.1) is 13.2 Å². The summed E-state index contributed by atoms with van der Waals surface area (Å²) in [6.45, 7) is 4.65. The van der Waals surface area contributed by atoms with E-state index in [-0.39, 0.29) is 12.1 Å². The van der Waals surface area contributed by atoms with Crippen molar-refractivity contribution in [3.8, 4) is 0 Å². The van der Waals surface area contributed by atoms with Crippen LogP contribution in [-0.2, 0) is 11.3 Å². The van der Waals surface area contributed by atoms with Gasteiger partial charge in [-0.15, -0.1) is 0 Å². The smallest absolute Gasteiger partial charge is 0.409 e. The number of ether oxygens (including phenoxy) is 1. The molecule has 1 aromatic heterocycles. The summed E-state index contributed by atoms with van der Waals surface area (Å²) in [6, 6.07) is 11.6. The molecule has 1 N–H and O–H groups in total. The van der Waals surface area contributed by atoms with Crippen molar-refractivity contribution in [1.29, 1.82) is 0 Å². The van der Waals surface area contributed by atoms with Crippen molar-refractivity contribution in [3.63, 3.8) is 0 Å². The molecular formula is C18H23N5O3. The molecule has 1 aromatic carbocycles. The zero-order chi connectivity index (χ0) is 18.4. The highest BCUT2D eigenvalue weighted by molar-refractivity contribution is 5.88. The average molecular weight is 357 g/mol. The molecule has 0 unspecified atom stereocenters. The van der Waals surface area contributed by atoms with Gasteiger partial charge in [-0.1, -0.05) is 30.3 Å². The van der Waals surface area contributed by atoms with Gasteiger partial charge >= 0.3 is 12.1 Å². The number of anilines is 1. The molecule has 138 valence electrons. The molecule has 8 heteroatoms. The van der Waals surface area contributed by atoms with Crippen LogP contribution in [0.15, 0.2) is 42.6 Å². The number of rotatable bonds is 4. The first-order valence-electron chi connectivity index (χ1n) is 8.70. The Morgan fingerprint density at radius 3 is 2.46 bits per heavy atom. The summed E-state index contributed by atoms with van der Waals surface area (Å²) in [4.78, 5) is 27.3. The van der Waals surface area contributed by atoms with Crippen LogP contribution in [0, 0.1) is 0 Å². The predicted octanol–water partition coefficient (Wildman–Crippen LogP) is 2.24. The van der Waals surface area contributed by atoms with E-state index >= 15 is 0 Å². The van der Waals surface area contributed by atoms with Gasteiger partial charge in [-0.05, 0) is 12.5 Å². The number of hydrogen-bond acceptors (Lipinski definition) is 4.